The summed E-state index contributed by atoms with van der Waals surface area (Å²) < 4.78 is 52.6. The molecule has 1 aromatic carbocycles. The second-order valence-corrected chi connectivity index (χ2v) is 11.1. The highest BCUT2D eigenvalue weighted by Gasteiger charge is 2.42. The molecule has 0 bridgehead atoms. The monoisotopic (exact) mass is 400 g/mol. The molecular formula is C17H24N2O5S2. The highest BCUT2D eigenvalue weighted by atomic mass is 32.2. The van der Waals surface area contributed by atoms with Crippen molar-refractivity contribution in [1.82, 2.24) is 4.31 Å². The number of carbonyl (C=O) groups excluding carboxylic acids is 1. The molecule has 9 heteroatoms. The Balaban J connectivity index is 1.95. The number of hydrogen-bond acceptors (Lipinski definition) is 5. The molecule has 26 heavy (non-hydrogen) atoms. The van der Waals surface area contributed by atoms with Crippen LogP contribution in [0.4, 0.5) is 5.69 Å². The lowest BCUT2D eigenvalue weighted by molar-refractivity contribution is -0.119. The Hall–Kier alpha value is -1.45. The van der Waals surface area contributed by atoms with Crippen molar-refractivity contribution in [3.05, 3.63) is 23.8 Å². The number of aryl methyl sites for hydroxylation is 1. The Morgan fingerprint density at radius 1 is 1.12 bits per heavy atom. The van der Waals surface area contributed by atoms with Gasteiger partial charge in [0.15, 0.2) is 0 Å². The van der Waals surface area contributed by atoms with Gasteiger partial charge in [0.25, 0.3) is 0 Å². The zero-order valence-electron chi connectivity index (χ0n) is 15.2. The number of sulfonamides is 2. The van der Waals surface area contributed by atoms with Gasteiger partial charge in [-0.2, -0.15) is 4.31 Å². The van der Waals surface area contributed by atoms with Gasteiger partial charge in [-0.25, -0.2) is 21.1 Å². The first-order chi connectivity index (χ1) is 12.0. The van der Waals surface area contributed by atoms with Crippen LogP contribution in [0.2, 0.25) is 0 Å². The van der Waals surface area contributed by atoms with Crippen LogP contribution in [0, 0.1) is 18.8 Å². The molecule has 1 aromatic rings. The van der Waals surface area contributed by atoms with E-state index in [0.717, 1.165) is 17.1 Å². The average molecular weight is 401 g/mol. The quantitative estimate of drug-likeness (QED) is 0.770. The number of benzene rings is 1. The van der Waals surface area contributed by atoms with E-state index in [-0.39, 0.29) is 16.3 Å². The molecule has 0 spiro atoms. The predicted octanol–water partition coefficient (Wildman–Crippen LogP) is 1.73. The molecule has 2 fully saturated rings. The van der Waals surface area contributed by atoms with E-state index in [1.807, 2.05) is 0 Å². The molecule has 2 heterocycles. The molecule has 1 atom stereocenters. The van der Waals surface area contributed by atoms with Gasteiger partial charge in [0.2, 0.25) is 26.0 Å². The maximum atomic E-state index is 12.9. The summed E-state index contributed by atoms with van der Waals surface area (Å²) in [6.45, 7) is 6.28. The van der Waals surface area contributed by atoms with E-state index in [1.165, 1.54) is 22.5 Å². The van der Waals surface area contributed by atoms with Gasteiger partial charge in [-0.1, -0.05) is 13.8 Å². The SMILES string of the molecule is Cc1cc(N2C(=O)[C@@H](C)CS2(=O)=O)ccc1S(=O)(=O)N1CCC(C)CC1. The van der Waals surface area contributed by atoms with Crippen molar-refractivity contribution < 1.29 is 21.6 Å². The highest BCUT2D eigenvalue weighted by molar-refractivity contribution is 7.94. The van der Waals surface area contributed by atoms with Gasteiger partial charge < -0.3 is 0 Å². The Bertz CT molecular complexity index is 932. The van der Waals surface area contributed by atoms with Crippen LogP contribution in [0.15, 0.2) is 23.1 Å². The number of amides is 1. The average Bonchev–Trinajstić information content (AvgIpc) is 2.75. The van der Waals surface area contributed by atoms with Crippen molar-refractivity contribution >= 4 is 31.6 Å². The summed E-state index contributed by atoms with van der Waals surface area (Å²) in [7, 11) is -7.34. The summed E-state index contributed by atoms with van der Waals surface area (Å²) >= 11 is 0. The Morgan fingerprint density at radius 2 is 1.73 bits per heavy atom. The molecule has 0 radical (unpaired) electrons. The summed E-state index contributed by atoms with van der Waals surface area (Å²) in [5.74, 6) is -0.793. The van der Waals surface area contributed by atoms with Crippen molar-refractivity contribution in [3.63, 3.8) is 0 Å². The molecule has 0 unspecified atom stereocenters. The van der Waals surface area contributed by atoms with E-state index < -0.39 is 31.9 Å². The third-order valence-electron chi connectivity index (χ3n) is 5.11. The van der Waals surface area contributed by atoms with E-state index in [2.05, 4.69) is 6.92 Å². The number of piperidine rings is 1. The van der Waals surface area contributed by atoms with Crippen LogP contribution in [-0.4, -0.2) is 45.9 Å². The van der Waals surface area contributed by atoms with Crippen molar-refractivity contribution in [2.24, 2.45) is 11.8 Å². The van der Waals surface area contributed by atoms with Gasteiger partial charge in [-0.15, -0.1) is 0 Å². The minimum Gasteiger partial charge on any atom is -0.273 e. The Labute approximate surface area is 155 Å². The number of anilines is 1. The summed E-state index contributed by atoms with van der Waals surface area (Å²) in [5.41, 5.74) is 0.631. The van der Waals surface area contributed by atoms with E-state index in [1.54, 1.807) is 13.8 Å². The van der Waals surface area contributed by atoms with Gasteiger partial charge in [0.05, 0.1) is 22.3 Å². The zero-order chi connectivity index (χ0) is 19.3. The molecule has 0 N–H and O–H groups in total. The lowest BCUT2D eigenvalue weighted by Gasteiger charge is -2.30. The van der Waals surface area contributed by atoms with E-state index in [4.69, 9.17) is 0 Å². The van der Waals surface area contributed by atoms with Crippen molar-refractivity contribution in [1.29, 1.82) is 0 Å². The van der Waals surface area contributed by atoms with Gasteiger partial charge in [-0.3, -0.25) is 4.79 Å². The van der Waals surface area contributed by atoms with Crippen LogP contribution in [0.3, 0.4) is 0 Å². The fourth-order valence-corrected chi connectivity index (χ4v) is 6.99. The van der Waals surface area contributed by atoms with Gasteiger partial charge in [0.1, 0.15) is 0 Å². The second kappa shape index (κ2) is 6.61. The predicted molar refractivity (Wildman–Crippen MR) is 98.8 cm³/mol. The van der Waals surface area contributed by atoms with Crippen LogP contribution in [0.1, 0.15) is 32.3 Å². The Kier molecular flexibility index (Phi) is 4.91. The maximum Gasteiger partial charge on any atom is 0.244 e. The lowest BCUT2D eigenvalue weighted by atomic mass is 10.0. The molecule has 3 rings (SSSR count). The smallest absolute Gasteiger partial charge is 0.244 e. The van der Waals surface area contributed by atoms with Crippen molar-refractivity contribution in [2.75, 3.05) is 23.1 Å². The normalized spacial score (nSPS) is 25.0. The molecule has 0 aromatic heterocycles. The molecule has 2 aliphatic heterocycles. The highest BCUT2D eigenvalue weighted by Crippen LogP contribution is 2.32. The van der Waals surface area contributed by atoms with Gasteiger partial charge in [0, 0.05) is 13.1 Å². The fraction of sp³-hybridized carbons (Fsp3) is 0.588. The first kappa shape index (κ1) is 19.3. The zero-order valence-corrected chi connectivity index (χ0v) is 16.8. The van der Waals surface area contributed by atoms with Crippen LogP contribution in [0.5, 0.6) is 0 Å². The summed E-state index contributed by atoms with van der Waals surface area (Å²) in [6.07, 6.45) is 1.66. The van der Waals surface area contributed by atoms with Gasteiger partial charge >= 0.3 is 0 Å². The fourth-order valence-electron chi connectivity index (χ4n) is 3.50. The van der Waals surface area contributed by atoms with Crippen molar-refractivity contribution in [3.8, 4) is 0 Å². The van der Waals surface area contributed by atoms with E-state index in [9.17, 15) is 21.6 Å². The van der Waals surface area contributed by atoms with Crippen molar-refractivity contribution in [2.45, 2.75) is 38.5 Å². The lowest BCUT2D eigenvalue weighted by Crippen LogP contribution is -2.38. The first-order valence-corrected chi connectivity index (χ1v) is 11.8. The maximum absolute atomic E-state index is 12.9. The standard InChI is InChI=1S/C17H24N2O5S2/c1-12-6-8-18(9-7-12)26(23,24)16-5-4-15(10-13(16)2)19-17(20)14(3)11-25(19,21)22/h4-5,10,12,14H,6-9,11H2,1-3H3/t14-/m0/s1. The second-order valence-electron chi connectivity index (χ2n) is 7.32. The molecule has 1 amide bonds. The number of carbonyl (C=O) groups is 1. The summed E-state index contributed by atoms with van der Waals surface area (Å²) in [6, 6.07) is 4.27. The number of rotatable bonds is 3. The van der Waals surface area contributed by atoms with Crippen LogP contribution >= 0.6 is 0 Å². The van der Waals surface area contributed by atoms with Crippen LogP contribution < -0.4 is 4.31 Å². The first-order valence-electron chi connectivity index (χ1n) is 8.71. The van der Waals surface area contributed by atoms with E-state index in [0.29, 0.717) is 24.6 Å². The largest absolute Gasteiger partial charge is 0.273 e. The van der Waals surface area contributed by atoms with Crippen LogP contribution in [0.25, 0.3) is 0 Å². The summed E-state index contributed by atoms with van der Waals surface area (Å²) in [5, 5.41) is 0. The molecule has 2 aliphatic rings. The van der Waals surface area contributed by atoms with Gasteiger partial charge in [-0.05, 0) is 49.4 Å². The minimum absolute atomic E-state index is 0.160. The molecule has 0 aliphatic carbocycles. The molecule has 7 nitrogen and oxygen atoms in total. The topological polar surface area (TPSA) is 91.8 Å². The molecule has 0 saturated carbocycles. The summed E-state index contributed by atoms with van der Waals surface area (Å²) in [4.78, 5) is 12.4. The number of nitrogens with zero attached hydrogens (tertiary/aromatic N) is 2. The third kappa shape index (κ3) is 3.27. The Morgan fingerprint density at radius 3 is 2.23 bits per heavy atom. The molecule has 2 saturated heterocycles. The van der Waals surface area contributed by atoms with Crippen LogP contribution in [-0.2, 0) is 24.8 Å². The minimum atomic E-state index is -3.71. The van der Waals surface area contributed by atoms with E-state index >= 15 is 0 Å². The number of hydrogen-bond donors (Lipinski definition) is 0. The molecular weight excluding hydrogens is 376 g/mol. The third-order valence-corrected chi connectivity index (χ3v) is 9.04. The molecule has 144 valence electrons.